The van der Waals surface area contributed by atoms with E-state index in [-0.39, 0.29) is 6.04 Å². The van der Waals surface area contributed by atoms with E-state index >= 15 is 0 Å². The van der Waals surface area contributed by atoms with Crippen LogP contribution in [0.15, 0.2) is 24.3 Å². The van der Waals surface area contributed by atoms with Gasteiger partial charge in [-0.05, 0) is 31.0 Å². The fraction of sp³-hybridized carbons (Fsp3) is 0.400. The Hall–Kier alpha value is -0.570. The summed E-state index contributed by atoms with van der Waals surface area (Å²) in [7, 11) is 0. The Balaban J connectivity index is 2.59. The van der Waals surface area contributed by atoms with E-state index in [0.717, 1.165) is 10.6 Å². The minimum absolute atomic E-state index is 0.207. The van der Waals surface area contributed by atoms with Crippen molar-refractivity contribution in [2.75, 3.05) is 0 Å². The third-order valence-corrected chi connectivity index (χ3v) is 2.26. The summed E-state index contributed by atoms with van der Waals surface area (Å²) < 4.78 is 0. The van der Waals surface area contributed by atoms with Crippen molar-refractivity contribution in [2.24, 2.45) is 5.73 Å². The highest BCUT2D eigenvalue weighted by atomic mass is 35.5. The lowest BCUT2D eigenvalue weighted by molar-refractivity contribution is 0.163. The van der Waals surface area contributed by atoms with E-state index in [4.69, 9.17) is 17.3 Å². The van der Waals surface area contributed by atoms with Crippen molar-refractivity contribution < 1.29 is 5.11 Å². The maximum absolute atomic E-state index is 9.19. The van der Waals surface area contributed by atoms with Crippen LogP contribution in [0.5, 0.6) is 0 Å². The van der Waals surface area contributed by atoms with Gasteiger partial charge in [0.15, 0.2) is 0 Å². The number of aliphatic hydroxyl groups is 1. The Labute approximate surface area is 83.3 Å². The molecular weight excluding hydrogens is 186 g/mol. The van der Waals surface area contributed by atoms with Crippen LogP contribution < -0.4 is 5.73 Å². The quantitative estimate of drug-likeness (QED) is 0.777. The van der Waals surface area contributed by atoms with Gasteiger partial charge in [-0.25, -0.2) is 0 Å². The molecule has 0 spiro atoms. The molecule has 0 aliphatic carbocycles. The number of halogens is 1. The molecule has 0 aromatic heterocycles. The molecule has 0 saturated carbocycles. The molecule has 13 heavy (non-hydrogen) atoms. The largest absolute Gasteiger partial charge is 0.392 e. The van der Waals surface area contributed by atoms with Crippen molar-refractivity contribution in [3.8, 4) is 0 Å². The molecule has 2 nitrogen and oxygen atoms in total. The Kier molecular flexibility index (Phi) is 3.72. The summed E-state index contributed by atoms with van der Waals surface area (Å²) in [6.45, 7) is 1.70. The van der Waals surface area contributed by atoms with E-state index in [1.807, 2.05) is 24.3 Å². The third-order valence-electron chi connectivity index (χ3n) is 2.00. The van der Waals surface area contributed by atoms with Crippen molar-refractivity contribution in [2.45, 2.75) is 25.5 Å². The fourth-order valence-electron chi connectivity index (χ4n) is 1.06. The molecule has 0 fully saturated rings. The number of aliphatic hydroxyl groups excluding tert-OH is 1. The highest BCUT2D eigenvalue weighted by Crippen LogP contribution is 2.11. The molecule has 1 rings (SSSR count). The molecule has 2 unspecified atom stereocenters. The fourth-order valence-corrected chi connectivity index (χ4v) is 1.19. The van der Waals surface area contributed by atoms with Gasteiger partial charge in [0.1, 0.15) is 0 Å². The summed E-state index contributed by atoms with van der Waals surface area (Å²) >= 11 is 5.73. The van der Waals surface area contributed by atoms with Crippen molar-refractivity contribution >= 4 is 11.6 Å². The highest BCUT2D eigenvalue weighted by molar-refractivity contribution is 6.30. The van der Waals surface area contributed by atoms with Crippen LogP contribution in [0.3, 0.4) is 0 Å². The van der Waals surface area contributed by atoms with Crippen LogP contribution in [0.1, 0.15) is 12.5 Å². The second-order valence-corrected chi connectivity index (χ2v) is 3.67. The minimum atomic E-state index is -0.476. The monoisotopic (exact) mass is 199 g/mol. The second kappa shape index (κ2) is 4.61. The predicted molar refractivity (Wildman–Crippen MR) is 54.8 cm³/mol. The lowest BCUT2D eigenvalue weighted by atomic mass is 10.0. The van der Waals surface area contributed by atoms with Crippen molar-refractivity contribution in [3.63, 3.8) is 0 Å². The first-order chi connectivity index (χ1) is 6.09. The van der Waals surface area contributed by atoms with Crippen LogP contribution in [0, 0.1) is 0 Å². The molecule has 72 valence electrons. The van der Waals surface area contributed by atoms with E-state index in [1.165, 1.54) is 0 Å². The van der Waals surface area contributed by atoms with E-state index < -0.39 is 6.10 Å². The number of benzene rings is 1. The standard InChI is InChI=1S/C10H14ClNO/c1-7(13)10(12)6-8-2-4-9(11)5-3-8/h2-5,7,10,13H,6,12H2,1H3. The Bertz CT molecular complexity index is 258. The maximum Gasteiger partial charge on any atom is 0.0666 e. The average Bonchev–Trinajstić information content (AvgIpc) is 2.08. The van der Waals surface area contributed by atoms with Gasteiger partial charge in [0.05, 0.1) is 6.10 Å². The number of nitrogens with two attached hydrogens (primary N) is 1. The first-order valence-corrected chi connectivity index (χ1v) is 4.65. The Morgan fingerprint density at radius 1 is 1.38 bits per heavy atom. The molecule has 0 heterocycles. The van der Waals surface area contributed by atoms with E-state index in [9.17, 15) is 5.11 Å². The van der Waals surface area contributed by atoms with E-state index in [0.29, 0.717) is 6.42 Å². The lowest BCUT2D eigenvalue weighted by Crippen LogP contribution is -2.34. The first kappa shape index (κ1) is 10.5. The molecule has 0 saturated heterocycles. The number of hydrogen-bond donors (Lipinski definition) is 2. The molecule has 0 aliphatic heterocycles. The van der Waals surface area contributed by atoms with Gasteiger partial charge in [-0.3, -0.25) is 0 Å². The summed E-state index contributed by atoms with van der Waals surface area (Å²) in [5, 5.41) is 9.90. The van der Waals surface area contributed by atoms with Gasteiger partial charge in [0.25, 0.3) is 0 Å². The van der Waals surface area contributed by atoms with Crippen LogP contribution in [-0.2, 0) is 6.42 Å². The van der Waals surface area contributed by atoms with Gasteiger partial charge in [-0.1, -0.05) is 23.7 Å². The summed E-state index contributed by atoms with van der Waals surface area (Å²) in [6.07, 6.45) is 0.199. The van der Waals surface area contributed by atoms with Crippen LogP contribution in [0.4, 0.5) is 0 Å². The molecule has 1 aromatic rings. The minimum Gasteiger partial charge on any atom is -0.392 e. The van der Waals surface area contributed by atoms with Crippen LogP contribution in [0.2, 0.25) is 5.02 Å². The van der Waals surface area contributed by atoms with Crippen LogP contribution in [-0.4, -0.2) is 17.3 Å². The maximum atomic E-state index is 9.19. The normalized spacial score (nSPS) is 15.4. The van der Waals surface area contributed by atoms with Crippen molar-refractivity contribution in [1.82, 2.24) is 0 Å². The molecule has 2 atom stereocenters. The molecule has 0 bridgehead atoms. The Morgan fingerprint density at radius 3 is 2.38 bits per heavy atom. The van der Waals surface area contributed by atoms with E-state index in [1.54, 1.807) is 6.92 Å². The molecule has 1 aromatic carbocycles. The van der Waals surface area contributed by atoms with Crippen molar-refractivity contribution in [3.05, 3.63) is 34.9 Å². The second-order valence-electron chi connectivity index (χ2n) is 3.24. The van der Waals surface area contributed by atoms with Gasteiger partial charge in [0, 0.05) is 11.1 Å². The zero-order chi connectivity index (χ0) is 9.84. The SMILES string of the molecule is CC(O)C(N)Cc1ccc(Cl)cc1. The average molecular weight is 200 g/mol. The van der Waals surface area contributed by atoms with E-state index in [2.05, 4.69) is 0 Å². The van der Waals surface area contributed by atoms with Gasteiger partial charge in [-0.15, -0.1) is 0 Å². The van der Waals surface area contributed by atoms with Gasteiger partial charge in [-0.2, -0.15) is 0 Å². The lowest BCUT2D eigenvalue weighted by Gasteiger charge is -2.14. The zero-order valence-electron chi connectivity index (χ0n) is 7.57. The summed E-state index contributed by atoms with van der Waals surface area (Å²) in [5.41, 5.74) is 6.80. The molecule has 3 heteroatoms. The summed E-state index contributed by atoms with van der Waals surface area (Å²) in [6, 6.07) is 7.29. The molecule has 0 amide bonds. The molecule has 0 aliphatic rings. The van der Waals surface area contributed by atoms with Gasteiger partial charge < -0.3 is 10.8 Å². The third kappa shape index (κ3) is 3.35. The van der Waals surface area contributed by atoms with Crippen LogP contribution in [0.25, 0.3) is 0 Å². The van der Waals surface area contributed by atoms with Gasteiger partial charge >= 0.3 is 0 Å². The van der Waals surface area contributed by atoms with Gasteiger partial charge in [0.2, 0.25) is 0 Å². The molecule has 0 radical (unpaired) electrons. The van der Waals surface area contributed by atoms with Crippen LogP contribution >= 0.6 is 11.6 Å². The zero-order valence-corrected chi connectivity index (χ0v) is 8.33. The number of hydrogen-bond acceptors (Lipinski definition) is 2. The predicted octanol–water partition coefficient (Wildman–Crippen LogP) is 1.59. The molecule has 3 N–H and O–H groups in total. The molecular formula is C10H14ClNO. The first-order valence-electron chi connectivity index (χ1n) is 4.27. The van der Waals surface area contributed by atoms with Crippen molar-refractivity contribution in [1.29, 1.82) is 0 Å². The topological polar surface area (TPSA) is 46.2 Å². The summed E-state index contributed by atoms with van der Waals surface area (Å²) in [4.78, 5) is 0. The number of rotatable bonds is 3. The Morgan fingerprint density at radius 2 is 1.92 bits per heavy atom. The summed E-state index contributed by atoms with van der Waals surface area (Å²) in [5.74, 6) is 0. The highest BCUT2D eigenvalue weighted by Gasteiger charge is 2.09. The smallest absolute Gasteiger partial charge is 0.0666 e.